The third-order valence-corrected chi connectivity index (χ3v) is 7.23. The molecular weight excluding hydrogens is 482 g/mol. The molecule has 0 spiro atoms. The van der Waals surface area contributed by atoms with Gasteiger partial charge >= 0.3 is 0 Å². The molecule has 6 rings (SSSR count). The van der Waals surface area contributed by atoms with Gasteiger partial charge in [-0.15, -0.1) is 0 Å². The number of hydrogen-bond donors (Lipinski definition) is 1. The number of nitrogens with one attached hydrogen (secondary N) is 1. The second-order valence-electron chi connectivity index (χ2n) is 9.77. The molecule has 1 fully saturated rings. The second-order valence-corrected chi connectivity index (χ2v) is 9.77. The number of aryl methyl sites for hydroxylation is 1. The number of benzene rings is 1. The number of imide groups is 1. The topological polar surface area (TPSA) is 113 Å². The summed E-state index contributed by atoms with van der Waals surface area (Å²) < 4.78 is 1.79. The third kappa shape index (κ3) is 4.27. The molecule has 1 saturated heterocycles. The van der Waals surface area contributed by atoms with Crippen LogP contribution in [0.5, 0.6) is 0 Å². The van der Waals surface area contributed by atoms with Gasteiger partial charge in [-0.1, -0.05) is 18.2 Å². The van der Waals surface area contributed by atoms with E-state index < -0.39 is 11.8 Å². The van der Waals surface area contributed by atoms with Crippen LogP contribution in [-0.2, 0) is 11.3 Å². The minimum atomic E-state index is -0.417. The van der Waals surface area contributed by atoms with Crippen molar-refractivity contribution in [3.05, 3.63) is 89.0 Å². The first kappa shape index (κ1) is 23.8. The van der Waals surface area contributed by atoms with Gasteiger partial charge in [0, 0.05) is 49.6 Å². The Morgan fingerprint density at radius 3 is 2.61 bits per heavy atom. The maximum absolute atomic E-state index is 13.3. The molecule has 0 aliphatic carbocycles. The Hall–Kier alpha value is -4.60. The van der Waals surface area contributed by atoms with E-state index in [9.17, 15) is 14.4 Å². The predicted molar refractivity (Wildman–Crippen MR) is 140 cm³/mol. The van der Waals surface area contributed by atoms with Crippen LogP contribution in [0.4, 0.5) is 5.82 Å². The first-order chi connectivity index (χ1) is 18.5. The number of rotatable bonds is 6. The molecule has 3 aromatic heterocycles. The number of carbonyl (C=O) groups excluding carboxylic acids is 3. The molecule has 0 saturated carbocycles. The van der Waals surface area contributed by atoms with Gasteiger partial charge in [-0.05, 0) is 43.5 Å². The number of carbonyl (C=O) groups is 3. The standard InChI is InChI=1S/C28H27N7O3/c1-18-13-31-35-24(30-15-19-6-4-10-29-14-19)12-23(32-26(18)35)20-7-5-11-33(16-20)25(36)17-34-27(37)21-8-2-3-9-22(21)28(34)38/h2-4,6,8-10,12-14,20,30H,5,7,11,15-17H2,1H3. The van der Waals surface area contributed by atoms with E-state index in [0.29, 0.717) is 30.8 Å². The van der Waals surface area contributed by atoms with Crippen molar-refractivity contribution in [3.8, 4) is 0 Å². The smallest absolute Gasteiger partial charge is 0.262 e. The van der Waals surface area contributed by atoms with E-state index in [1.807, 2.05) is 31.3 Å². The van der Waals surface area contributed by atoms with Crippen molar-refractivity contribution in [2.45, 2.75) is 32.2 Å². The molecule has 5 heterocycles. The lowest BCUT2D eigenvalue weighted by atomic mass is 9.94. The minimum Gasteiger partial charge on any atom is -0.366 e. The number of anilines is 1. The Labute approximate surface area is 219 Å². The average Bonchev–Trinajstić information content (AvgIpc) is 3.45. The minimum absolute atomic E-state index is 0.0214. The van der Waals surface area contributed by atoms with E-state index in [1.165, 1.54) is 0 Å². The van der Waals surface area contributed by atoms with Crippen LogP contribution in [0.15, 0.2) is 61.1 Å². The summed E-state index contributed by atoms with van der Waals surface area (Å²) in [5, 5.41) is 7.95. The zero-order valence-corrected chi connectivity index (χ0v) is 21.0. The Bertz CT molecular complexity index is 1510. The number of piperidine rings is 1. The van der Waals surface area contributed by atoms with Gasteiger partial charge in [-0.2, -0.15) is 9.61 Å². The van der Waals surface area contributed by atoms with Crippen LogP contribution >= 0.6 is 0 Å². The highest BCUT2D eigenvalue weighted by atomic mass is 16.2. The molecule has 10 heteroatoms. The number of nitrogens with zero attached hydrogens (tertiary/aromatic N) is 6. The second kappa shape index (κ2) is 9.70. The van der Waals surface area contributed by atoms with Gasteiger partial charge in [0.2, 0.25) is 5.91 Å². The molecule has 2 aliphatic heterocycles. The van der Waals surface area contributed by atoms with Gasteiger partial charge in [0.25, 0.3) is 11.8 Å². The molecule has 3 amide bonds. The zero-order valence-electron chi connectivity index (χ0n) is 21.0. The maximum Gasteiger partial charge on any atom is 0.262 e. The van der Waals surface area contributed by atoms with Gasteiger partial charge in [-0.3, -0.25) is 24.3 Å². The quantitative estimate of drug-likeness (QED) is 0.398. The van der Waals surface area contributed by atoms with E-state index in [0.717, 1.165) is 46.0 Å². The predicted octanol–water partition coefficient (Wildman–Crippen LogP) is 3.05. The maximum atomic E-state index is 13.3. The first-order valence-corrected chi connectivity index (χ1v) is 12.7. The van der Waals surface area contributed by atoms with Crippen LogP contribution in [0.25, 0.3) is 5.65 Å². The van der Waals surface area contributed by atoms with E-state index in [2.05, 4.69) is 15.4 Å². The highest BCUT2D eigenvalue weighted by Crippen LogP contribution is 2.29. The molecule has 10 nitrogen and oxygen atoms in total. The van der Waals surface area contributed by atoms with Crippen molar-refractivity contribution in [1.29, 1.82) is 0 Å². The Balaban J connectivity index is 1.20. The molecule has 0 radical (unpaired) electrons. The number of fused-ring (bicyclic) bond motifs is 2. The molecule has 1 N–H and O–H groups in total. The van der Waals surface area contributed by atoms with E-state index in [1.54, 1.807) is 46.1 Å². The van der Waals surface area contributed by atoms with Gasteiger partial charge in [0.15, 0.2) is 5.65 Å². The Kier molecular flexibility index (Phi) is 6.07. The van der Waals surface area contributed by atoms with Crippen LogP contribution in [0, 0.1) is 6.92 Å². The van der Waals surface area contributed by atoms with Gasteiger partial charge in [0.05, 0.1) is 23.0 Å². The molecular formula is C28H27N7O3. The first-order valence-electron chi connectivity index (χ1n) is 12.7. The molecule has 192 valence electrons. The van der Waals surface area contributed by atoms with E-state index in [-0.39, 0.29) is 18.4 Å². The van der Waals surface area contributed by atoms with Gasteiger partial charge < -0.3 is 10.2 Å². The summed E-state index contributed by atoms with van der Waals surface area (Å²) in [6.45, 7) is 3.35. The molecule has 38 heavy (non-hydrogen) atoms. The summed E-state index contributed by atoms with van der Waals surface area (Å²) in [5.41, 5.74) is 4.36. The zero-order chi connectivity index (χ0) is 26.2. The fourth-order valence-electron chi connectivity index (χ4n) is 5.18. The SMILES string of the molecule is Cc1cnn2c(NCc3cccnc3)cc(C3CCCN(C(=O)CN4C(=O)c5ccccc5C4=O)C3)nc12. The lowest BCUT2D eigenvalue weighted by molar-refractivity contribution is -0.132. The molecule has 1 aromatic carbocycles. The molecule has 4 aromatic rings. The lowest BCUT2D eigenvalue weighted by Gasteiger charge is -2.33. The molecule has 1 unspecified atom stereocenters. The van der Waals surface area contributed by atoms with Crippen LogP contribution in [0.2, 0.25) is 0 Å². The number of hydrogen-bond acceptors (Lipinski definition) is 7. The molecule has 1 atom stereocenters. The lowest BCUT2D eigenvalue weighted by Crippen LogP contribution is -2.46. The number of aromatic nitrogens is 4. The van der Waals surface area contributed by atoms with Crippen molar-refractivity contribution in [2.24, 2.45) is 0 Å². The summed E-state index contributed by atoms with van der Waals surface area (Å²) in [5.74, 6) is -0.231. The molecule has 0 bridgehead atoms. The van der Waals surface area contributed by atoms with E-state index in [4.69, 9.17) is 4.98 Å². The van der Waals surface area contributed by atoms with Crippen molar-refractivity contribution in [2.75, 3.05) is 25.0 Å². The Morgan fingerprint density at radius 1 is 1.08 bits per heavy atom. The summed E-state index contributed by atoms with van der Waals surface area (Å²) in [4.78, 5) is 50.6. The highest BCUT2D eigenvalue weighted by Gasteiger charge is 2.37. The number of likely N-dealkylation sites (tertiary alicyclic amines) is 1. The monoisotopic (exact) mass is 509 g/mol. The fourth-order valence-corrected chi connectivity index (χ4v) is 5.18. The third-order valence-electron chi connectivity index (χ3n) is 7.23. The van der Waals surface area contributed by atoms with Gasteiger partial charge in [-0.25, -0.2) is 4.98 Å². The van der Waals surface area contributed by atoms with Crippen molar-refractivity contribution in [3.63, 3.8) is 0 Å². The van der Waals surface area contributed by atoms with Crippen LogP contribution in [0.3, 0.4) is 0 Å². The highest BCUT2D eigenvalue weighted by molar-refractivity contribution is 6.22. The van der Waals surface area contributed by atoms with Gasteiger partial charge in [0.1, 0.15) is 12.4 Å². The normalized spacial score (nSPS) is 17.2. The molecule has 2 aliphatic rings. The summed E-state index contributed by atoms with van der Waals surface area (Å²) in [6.07, 6.45) is 7.05. The van der Waals surface area contributed by atoms with Crippen molar-refractivity contribution < 1.29 is 14.4 Å². The summed E-state index contributed by atoms with van der Waals surface area (Å²) >= 11 is 0. The average molecular weight is 510 g/mol. The summed E-state index contributed by atoms with van der Waals surface area (Å²) in [7, 11) is 0. The van der Waals surface area contributed by atoms with Crippen LogP contribution in [-0.4, -0.2) is 66.7 Å². The fraction of sp³-hybridized carbons (Fsp3) is 0.286. The van der Waals surface area contributed by atoms with Crippen molar-refractivity contribution in [1.82, 2.24) is 29.4 Å². The number of amides is 3. The van der Waals surface area contributed by atoms with Crippen molar-refractivity contribution >= 4 is 29.2 Å². The summed E-state index contributed by atoms with van der Waals surface area (Å²) in [6, 6.07) is 12.6. The number of pyridine rings is 1. The Morgan fingerprint density at radius 2 is 1.87 bits per heavy atom. The largest absolute Gasteiger partial charge is 0.366 e. The van der Waals surface area contributed by atoms with Crippen LogP contribution in [0.1, 0.15) is 56.3 Å². The van der Waals surface area contributed by atoms with E-state index >= 15 is 0 Å². The van der Waals surface area contributed by atoms with Crippen LogP contribution < -0.4 is 5.32 Å².